The third-order valence-electron chi connectivity index (χ3n) is 4.23. The number of amides is 2. The summed E-state index contributed by atoms with van der Waals surface area (Å²) in [7, 11) is 0. The van der Waals surface area contributed by atoms with Crippen molar-refractivity contribution in [3.8, 4) is 11.3 Å². The predicted molar refractivity (Wildman–Crippen MR) is 112 cm³/mol. The summed E-state index contributed by atoms with van der Waals surface area (Å²) in [4.78, 5) is 26.5. The Morgan fingerprint density at radius 3 is 2.38 bits per heavy atom. The topological polar surface area (TPSA) is 62.6 Å². The maximum Gasteiger partial charge on any atom is 0.270 e. The fraction of sp³-hybridized carbons (Fsp3) is 0. The Morgan fingerprint density at radius 2 is 1.69 bits per heavy atom. The van der Waals surface area contributed by atoms with Crippen LogP contribution in [0.15, 0.2) is 70.7 Å². The fourth-order valence-corrected chi connectivity index (χ4v) is 3.23. The number of hydrogen-bond acceptors (Lipinski definition) is 4. The van der Waals surface area contributed by atoms with E-state index >= 15 is 0 Å². The highest BCUT2D eigenvalue weighted by molar-refractivity contribution is 7.80. The minimum atomic E-state index is -0.620. The molecule has 0 atom stereocenters. The predicted octanol–water partition coefficient (Wildman–Crippen LogP) is 4.57. The molecule has 1 fully saturated rings. The van der Waals surface area contributed by atoms with Gasteiger partial charge in [-0.25, -0.2) is 4.39 Å². The summed E-state index contributed by atoms with van der Waals surface area (Å²) in [6, 6.07) is 15.6. The van der Waals surface area contributed by atoms with Crippen molar-refractivity contribution in [3.63, 3.8) is 0 Å². The fourth-order valence-electron chi connectivity index (χ4n) is 2.82. The maximum atomic E-state index is 13.1. The van der Waals surface area contributed by atoms with Crippen molar-refractivity contribution >= 4 is 52.5 Å². The number of hydrogen-bond donors (Lipinski definition) is 1. The van der Waals surface area contributed by atoms with Gasteiger partial charge in [-0.2, -0.15) is 0 Å². The van der Waals surface area contributed by atoms with Crippen molar-refractivity contribution in [2.45, 2.75) is 0 Å². The van der Waals surface area contributed by atoms with Gasteiger partial charge < -0.3 is 4.42 Å². The molecule has 2 heterocycles. The Kier molecular flexibility index (Phi) is 5.00. The molecule has 0 radical (unpaired) electrons. The van der Waals surface area contributed by atoms with E-state index in [1.54, 1.807) is 48.5 Å². The number of thiocarbonyl (C=S) groups is 1. The summed E-state index contributed by atoms with van der Waals surface area (Å²) in [6.07, 6.45) is 1.34. The lowest BCUT2D eigenvalue weighted by Crippen LogP contribution is -2.54. The molecule has 0 bridgehead atoms. The van der Waals surface area contributed by atoms with Gasteiger partial charge in [-0.1, -0.05) is 11.6 Å². The zero-order valence-electron chi connectivity index (χ0n) is 14.7. The molecule has 4 rings (SSSR count). The number of nitrogens with zero attached hydrogens (tertiary/aromatic N) is 1. The molecule has 1 aliphatic rings. The van der Waals surface area contributed by atoms with Gasteiger partial charge in [0.1, 0.15) is 22.9 Å². The molecule has 2 aromatic carbocycles. The molecule has 1 N–H and O–H groups in total. The van der Waals surface area contributed by atoms with Crippen LogP contribution < -0.4 is 10.2 Å². The first-order chi connectivity index (χ1) is 13.9. The number of benzene rings is 2. The second kappa shape index (κ2) is 7.62. The molecule has 1 aromatic heterocycles. The van der Waals surface area contributed by atoms with E-state index in [1.165, 1.54) is 23.1 Å². The minimum absolute atomic E-state index is 0.0223. The van der Waals surface area contributed by atoms with E-state index in [4.69, 9.17) is 28.2 Å². The molecule has 0 aliphatic carbocycles. The number of anilines is 1. The van der Waals surface area contributed by atoms with Crippen LogP contribution in [0.1, 0.15) is 5.76 Å². The normalized spacial score (nSPS) is 15.7. The number of halogens is 2. The van der Waals surface area contributed by atoms with E-state index in [0.717, 1.165) is 0 Å². The van der Waals surface area contributed by atoms with Crippen molar-refractivity contribution < 1.29 is 18.4 Å². The molecule has 0 saturated carbocycles. The first-order valence-electron chi connectivity index (χ1n) is 8.45. The molecule has 144 valence electrons. The number of nitrogens with one attached hydrogen (secondary N) is 1. The van der Waals surface area contributed by atoms with Gasteiger partial charge in [0.25, 0.3) is 11.8 Å². The van der Waals surface area contributed by atoms with Crippen LogP contribution in [0.25, 0.3) is 17.4 Å². The van der Waals surface area contributed by atoms with Gasteiger partial charge in [0.2, 0.25) is 0 Å². The Hall–Kier alpha value is -3.29. The van der Waals surface area contributed by atoms with Gasteiger partial charge in [0, 0.05) is 10.6 Å². The summed E-state index contributed by atoms with van der Waals surface area (Å²) in [5.74, 6) is -0.784. The first-order valence-corrected chi connectivity index (χ1v) is 9.24. The zero-order chi connectivity index (χ0) is 20.5. The SMILES string of the molecule is O=C1NC(=S)N(c2ccc(Cl)cc2)C(=O)/C1=C\c1ccc(-c2ccc(F)cc2)o1. The Labute approximate surface area is 175 Å². The highest BCUT2D eigenvalue weighted by atomic mass is 35.5. The van der Waals surface area contributed by atoms with Crippen molar-refractivity contribution in [2.75, 3.05) is 4.90 Å². The number of rotatable bonds is 3. The van der Waals surface area contributed by atoms with Crippen LogP contribution in [0.2, 0.25) is 5.02 Å². The van der Waals surface area contributed by atoms with Crippen LogP contribution in [0, 0.1) is 5.82 Å². The first kappa shape index (κ1) is 19.0. The Balaban J connectivity index is 1.66. The zero-order valence-corrected chi connectivity index (χ0v) is 16.3. The lowest BCUT2D eigenvalue weighted by molar-refractivity contribution is -0.122. The summed E-state index contributed by atoms with van der Waals surface area (Å²) < 4.78 is 18.8. The van der Waals surface area contributed by atoms with Crippen molar-refractivity contribution in [2.24, 2.45) is 0 Å². The van der Waals surface area contributed by atoms with Crippen LogP contribution in [0.3, 0.4) is 0 Å². The van der Waals surface area contributed by atoms with E-state index in [0.29, 0.717) is 27.8 Å². The number of carbonyl (C=O) groups excluding carboxylic acids is 2. The molecule has 1 aliphatic heterocycles. The van der Waals surface area contributed by atoms with E-state index in [9.17, 15) is 14.0 Å². The molecule has 3 aromatic rings. The lowest BCUT2D eigenvalue weighted by Gasteiger charge is -2.28. The van der Waals surface area contributed by atoms with Crippen molar-refractivity contribution in [1.29, 1.82) is 0 Å². The second-order valence-electron chi connectivity index (χ2n) is 6.14. The van der Waals surface area contributed by atoms with Crippen LogP contribution in [-0.2, 0) is 9.59 Å². The largest absolute Gasteiger partial charge is 0.457 e. The summed E-state index contributed by atoms with van der Waals surface area (Å²) in [5, 5.41) is 2.99. The van der Waals surface area contributed by atoms with Gasteiger partial charge in [0.05, 0.1) is 5.69 Å². The van der Waals surface area contributed by atoms with Crippen LogP contribution in [-0.4, -0.2) is 16.9 Å². The van der Waals surface area contributed by atoms with E-state index in [2.05, 4.69) is 5.32 Å². The van der Waals surface area contributed by atoms with Gasteiger partial charge in [0.15, 0.2) is 5.11 Å². The van der Waals surface area contributed by atoms with Gasteiger partial charge in [-0.05, 0) is 79.0 Å². The average Bonchev–Trinajstić information content (AvgIpc) is 3.16. The quantitative estimate of drug-likeness (QED) is 0.378. The molecule has 0 spiro atoms. The van der Waals surface area contributed by atoms with E-state index in [-0.39, 0.29) is 16.5 Å². The van der Waals surface area contributed by atoms with Crippen LogP contribution in [0.4, 0.5) is 10.1 Å². The molecular formula is C21H12ClFN2O3S. The molecule has 2 amide bonds. The maximum absolute atomic E-state index is 13.1. The standard InChI is InChI=1S/C21H12ClFN2O3S/c22-13-3-7-15(8-4-13)25-20(27)17(19(26)24-21(25)29)11-16-9-10-18(28-16)12-1-5-14(23)6-2-12/h1-11H,(H,24,26,29)/b17-11-. The van der Waals surface area contributed by atoms with Crippen molar-refractivity contribution in [1.82, 2.24) is 5.32 Å². The highest BCUT2D eigenvalue weighted by Gasteiger charge is 2.34. The minimum Gasteiger partial charge on any atom is -0.457 e. The molecule has 8 heteroatoms. The molecule has 29 heavy (non-hydrogen) atoms. The van der Waals surface area contributed by atoms with Crippen LogP contribution >= 0.6 is 23.8 Å². The summed E-state index contributed by atoms with van der Waals surface area (Å²) >= 11 is 11.0. The number of carbonyl (C=O) groups is 2. The summed E-state index contributed by atoms with van der Waals surface area (Å²) in [5.41, 5.74) is 1.01. The van der Waals surface area contributed by atoms with Crippen LogP contribution in [0.5, 0.6) is 0 Å². The average molecular weight is 427 g/mol. The third-order valence-corrected chi connectivity index (χ3v) is 4.77. The van der Waals surface area contributed by atoms with Gasteiger partial charge in [-0.15, -0.1) is 0 Å². The molecular weight excluding hydrogens is 415 g/mol. The van der Waals surface area contributed by atoms with E-state index < -0.39 is 11.8 Å². The Bertz CT molecular complexity index is 1150. The second-order valence-corrected chi connectivity index (χ2v) is 6.97. The summed E-state index contributed by atoms with van der Waals surface area (Å²) in [6.45, 7) is 0. The van der Waals surface area contributed by atoms with Gasteiger partial charge in [-0.3, -0.25) is 19.8 Å². The molecule has 1 saturated heterocycles. The number of furan rings is 1. The third kappa shape index (κ3) is 3.83. The molecule has 5 nitrogen and oxygen atoms in total. The van der Waals surface area contributed by atoms with Crippen molar-refractivity contribution in [3.05, 3.63) is 82.8 Å². The van der Waals surface area contributed by atoms with E-state index in [1.807, 2.05) is 0 Å². The smallest absolute Gasteiger partial charge is 0.270 e. The lowest BCUT2D eigenvalue weighted by atomic mass is 10.1. The monoisotopic (exact) mass is 426 g/mol. The Morgan fingerprint density at radius 1 is 1.00 bits per heavy atom. The highest BCUT2D eigenvalue weighted by Crippen LogP contribution is 2.26. The van der Waals surface area contributed by atoms with Gasteiger partial charge >= 0.3 is 0 Å². The molecule has 0 unspecified atom stereocenters.